The Morgan fingerprint density at radius 1 is 0.574 bits per heavy atom. The maximum atomic E-state index is 13.1. The standard InChI is InChI=1S/C25H23N7O6.C15H13N3O4.C10H11BrN4O2.C7H8BrN3O2.C7H6BrNO3.C7H8BrNO.CO2/c1-4-26-24-31-30-20(38-24)18-7-8-19(37-3)17(27-18)9-10-25(22(34)28-23(35)29-25)13-32-12-14-5-6-15(36-2)11-16(14)21(32)33;1-3-15(13(20)16-14(21)17-15)8-18-7-9-4-5-10(22-2)6-11(9)12(18)19;1-3-12-10-15-14-9(17-10)6-4-5-7(16-2)8(11)13-6;1-13-5-3-2-4(7(12)11-9)10-6(5)8;1-11-5-2-3-6(12-4-10)9-7(5)8;1-5-3-4-6(10-2)7(8)9-5;2-1-3/h5-8,11H,4,12-13H2,1-3H3,(H,26,31)(H2,28,29,34,35);1,4-6H,7-8H2,2H3,(H2,16,17,20,21);4-5H,3H2,1-2H3,(H,12,15);2-3H,9H2,1H3,(H,11,12);2-4H,1H3;3-4H,1-2H3;/t25-;15-;;;;;/m11...../s1. The topological polar surface area (TPSA) is 504 Å². The van der Waals surface area contributed by atoms with E-state index in [9.17, 15) is 38.4 Å². The molecule has 2 aromatic carbocycles. The van der Waals surface area contributed by atoms with Crippen LogP contribution in [0.1, 0.15) is 67.6 Å². The number of imide groups is 2. The number of hydrazine groups is 1. The first kappa shape index (κ1) is 89.0. The summed E-state index contributed by atoms with van der Waals surface area (Å²) in [6.07, 6.45) is 5.66. The number of nitrogens with two attached hydrogens (primary N) is 1. The van der Waals surface area contributed by atoms with Crippen molar-refractivity contribution in [3.05, 3.63) is 155 Å². The molecule has 4 aliphatic rings. The molecule has 600 valence electrons. The monoisotopic (exact) mass is 1840 g/mol. The van der Waals surface area contributed by atoms with Gasteiger partial charge in [0.15, 0.2) is 44.6 Å². The number of terminal acetylenes is 1. The van der Waals surface area contributed by atoms with Crippen LogP contribution in [-0.2, 0) is 37.1 Å². The average molecular weight is 1840 g/mol. The number of hydrogen-bond acceptors (Lipinski definition) is 32. The fourth-order valence-corrected chi connectivity index (χ4v) is 12.1. The highest BCUT2D eigenvalue weighted by molar-refractivity contribution is 9.11. The zero-order valence-corrected chi connectivity index (χ0v) is 68.7. The van der Waals surface area contributed by atoms with E-state index < -0.39 is 40.9 Å². The van der Waals surface area contributed by atoms with E-state index >= 15 is 0 Å². The van der Waals surface area contributed by atoms with Crippen LogP contribution < -0.4 is 81.1 Å². The number of aromatic nitrogens is 9. The number of ether oxygens (including phenoxy) is 8. The lowest BCUT2D eigenvalue weighted by atomic mass is 9.99. The number of aryl methyl sites for hydroxylation is 1. The fourth-order valence-electron chi connectivity index (χ4n) is 10.1. The molecule has 2 fully saturated rings. The molecule has 2 saturated heterocycles. The number of nitrogens with zero attached hydrogens (tertiary/aromatic N) is 11. The molecule has 0 unspecified atom stereocenters. The zero-order chi connectivity index (χ0) is 84.1. The van der Waals surface area contributed by atoms with E-state index in [1.807, 2.05) is 38.3 Å². The molecule has 9 aromatic rings. The van der Waals surface area contributed by atoms with Gasteiger partial charge in [0.25, 0.3) is 47.8 Å². The number of carbonyl (C=O) groups is 8. The van der Waals surface area contributed by atoms with Gasteiger partial charge in [0.1, 0.15) is 42.4 Å². The molecule has 11 heterocycles. The van der Waals surface area contributed by atoms with Crippen LogP contribution in [-0.4, -0.2) is 196 Å². The Kier molecular flexibility index (Phi) is 32.9. The summed E-state index contributed by atoms with van der Waals surface area (Å²) < 4.78 is 53.4. The lowest BCUT2D eigenvalue weighted by molar-refractivity contribution is -0.191. The van der Waals surface area contributed by atoms with Gasteiger partial charge < -0.3 is 77.8 Å². The van der Waals surface area contributed by atoms with E-state index in [0.29, 0.717) is 102 Å². The molecule has 43 heteroatoms. The van der Waals surface area contributed by atoms with Gasteiger partial charge in [-0.3, -0.25) is 44.8 Å². The number of pyridine rings is 5. The molecule has 7 aromatic heterocycles. The van der Waals surface area contributed by atoms with Crippen molar-refractivity contribution in [3.8, 4) is 93.5 Å². The van der Waals surface area contributed by atoms with Crippen LogP contribution in [0.15, 0.2) is 124 Å². The third-order valence-electron chi connectivity index (χ3n) is 15.6. The number of anilines is 2. The highest BCUT2D eigenvalue weighted by Gasteiger charge is 2.50. The van der Waals surface area contributed by atoms with Gasteiger partial charge in [0.2, 0.25) is 11.4 Å². The number of benzene rings is 2. The Bertz CT molecular complexity index is 5210. The minimum Gasteiger partial charge on any atom is -0.497 e. The fraction of sp³-hybridized carbons (Fsp3) is 0.250. The highest BCUT2D eigenvalue weighted by atomic mass is 79.9. The molecule has 0 saturated carbocycles. The summed E-state index contributed by atoms with van der Waals surface area (Å²) in [7, 11) is 10.7. The molecular weight excluding hydrogens is 1770 g/mol. The number of carbonyl (C=O) groups excluding carboxylic acids is 10. The second-order valence-corrected chi connectivity index (χ2v) is 25.8. The molecule has 0 radical (unpaired) electrons. The molecular formula is C72H69Br4N19O20. The van der Waals surface area contributed by atoms with E-state index in [4.69, 9.17) is 63.8 Å². The van der Waals surface area contributed by atoms with Crippen LogP contribution in [0, 0.1) is 31.1 Å². The summed E-state index contributed by atoms with van der Waals surface area (Å²) in [5.41, 5.74) is 3.61. The summed E-state index contributed by atoms with van der Waals surface area (Å²) in [4.78, 5) is 135. The second-order valence-electron chi connectivity index (χ2n) is 22.8. The van der Waals surface area contributed by atoms with Crippen LogP contribution in [0.4, 0.5) is 21.6 Å². The number of urea groups is 2. The minimum atomic E-state index is -1.72. The predicted molar refractivity (Wildman–Crippen MR) is 418 cm³/mol. The number of nitrogens with one attached hydrogen (secondary N) is 7. The molecule has 0 bridgehead atoms. The van der Waals surface area contributed by atoms with Gasteiger partial charge >= 0.3 is 30.2 Å². The zero-order valence-electron chi connectivity index (χ0n) is 62.3. The first-order chi connectivity index (χ1) is 55.2. The Morgan fingerprint density at radius 3 is 1.43 bits per heavy atom. The number of methoxy groups -OCH3 is 7. The van der Waals surface area contributed by atoms with Gasteiger partial charge in [0.05, 0.1) is 62.9 Å². The minimum absolute atomic E-state index is 0.0864. The van der Waals surface area contributed by atoms with Gasteiger partial charge in [-0.1, -0.05) is 34.2 Å². The quantitative estimate of drug-likeness (QED) is 0.00740. The van der Waals surface area contributed by atoms with E-state index in [1.165, 1.54) is 57.5 Å². The number of fused-ring (bicyclic) bond motifs is 2. The summed E-state index contributed by atoms with van der Waals surface area (Å²) in [6, 6.07) is 26.5. The van der Waals surface area contributed by atoms with Gasteiger partial charge in [-0.05, 0) is 180 Å². The molecule has 115 heavy (non-hydrogen) atoms. The van der Waals surface area contributed by atoms with E-state index in [0.717, 1.165) is 33.7 Å². The molecule has 9 N–H and O–H groups in total. The number of rotatable bonds is 20. The third-order valence-corrected chi connectivity index (χ3v) is 17.9. The van der Waals surface area contributed by atoms with Crippen LogP contribution in [0.25, 0.3) is 23.2 Å². The predicted octanol–water partition coefficient (Wildman–Crippen LogP) is 6.78. The van der Waals surface area contributed by atoms with Crippen molar-refractivity contribution in [2.24, 2.45) is 5.84 Å². The molecule has 9 amide bonds. The van der Waals surface area contributed by atoms with Crippen molar-refractivity contribution < 1.29 is 94.7 Å². The third kappa shape index (κ3) is 23.2. The van der Waals surface area contributed by atoms with E-state index in [-0.39, 0.29) is 66.8 Å². The Hall–Kier alpha value is -13.2. The molecule has 4 aliphatic heterocycles. The maximum Gasteiger partial charge on any atom is 0.373 e. The van der Waals surface area contributed by atoms with E-state index in [2.05, 4.69) is 163 Å². The highest BCUT2D eigenvalue weighted by Crippen LogP contribution is 2.33. The number of nitrogen functional groups attached to an aromatic ring is 1. The van der Waals surface area contributed by atoms with Crippen molar-refractivity contribution in [2.45, 2.75) is 44.9 Å². The van der Waals surface area contributed by atoms with Crippen LogP contribution in [0.3, 0.4) is 0 Å². The lowest BCUT2D eigenvalue weighted by Crippen LogP contribution is -2.54. The second kappa shape index (κ2) is 42.5. The Morgan fingerprint density at radius 2 is 1.01 bits per heavy atom. The largest absolute Gasteiger partial charge is 0.497 e. The number of halogens is 4. The van der Waals surface area contributed by atoms with Gasteiger partial charge in [-0.25, -0.2) is 40.4 Å². The Labute approximate surface area is 687 Å². The van der Waals surface area contributed by atoms with Crippen LogP contribution in [0.2, 0.25) is 0 Å². The van der Waals surface area contributed by atoms with Gasteiger partial charge in [-0.2, -0.15) is 9.59 Å². The molecule has 2 atom stereocenters. The summed E-state index contributed by atoms with van der Waals surface area (Å²) >= 11 is 12.9. The average Bonchev–Trinajstić information content (AvgIpc) is 1.63. The smallest absolute Gasteiger partial charge is 0.373 e. The first-order valence-electron chi connectivity index (χ1n) is 33.0. The van der Waals surface area contributed by atoms with E-state index in [1.54, 1.807) is 87.0 Å². The van der Waals surface area contributed by atoms with Crippen molar-refractivity contribution >= 4 is 130 Å². The van der Waals surface area contributed by atoms with Crippen molar-refractivity contribution in [1.82, 2.24) is 81.8 Å². The van der Waals surface area contributed by atoms with Gasteiger partial charge in [0, 0.05) is 49.1 Å². The Balaban J connectivity index is 0.000000203. The van der Waals surface area contributed by atoms with Crippen LogP contribution >= 0.6 is 63.7 Å². The molecule has 0 aliphatic carbocycles. The van der Waals surface area contributed by atoms with Crippen molar-refractivity contribution in [1.29, 1.82) is 0 Å². The normalized spacial score (nSPS) is 14.7. The maximum absolute atomic E-state index is 13.1. The molecule has 0 spiro atoms. The van der Waals surface area contributed by atoms with Crippen LogP contribution in [0.5, 0.6) is 46.1 Å². The molecule has 39 nitrogen and oxygen atoms in total. The SMILES string of the molecule is C#C[C@]1(CN2Cc3ccc(OC)cc3C2=O)NC(=O)NC1=O.CCNc1nnc(-c2ccc(OC)c(Br)n2)o1.CCNc1nnc(-c2ccc(OC)c(C#C[C@]3(CN4Cc5ccc(OC)cc5C4=O)NC(=O)NC3=O)n2)o1.COc1ccc(C(=O)NN)nc1Br.COc1ccc(C)nc1Br.COc1ccc(OC=O)nc1Br.O=C=O. The van der Waals surface area contributed by atoms with Crippen molar-refractivity contribution in [3.63, 3.8) is 0 Å². The molecule has 13 rings (SSSR count). The first-order valence-corrected chi connectivity index (χ1v) is 36.2. The summed E-state index contributed by atoms with van der Waals surface area (Å²) in [5, 5.41) is 30.8. The summed E-state index contributed by atoms with van der Waals surface area (Å²) in [6.45, 7) is 7.71. The van der Waals surface area contributed by atoms with Gasteiger partial charge in [-0.15, -0.1) is 16.6 Å². The van der Waals surface area contributed by atoms with Crippen molar-refractivity contribution in [2.75, 3.05) is 86.6 Å². The lowest BCUT2D eigenvalue weighted by Gasteiger charge is -2.26. The number of amides is 9. The number of hydrogen-bond donors (Lipinski definition) is 8. The summed E-state index contributed by atoms with van der Waals surface area (Å²) in [5.74, 6) is 15.4.